The molecule has 0 atom stereocenters. The number of anilines is 1. The first-order chi connectivity index (χ1) is 10.0. The van der Waals surface area contributed by atoms with Crippen molar-refractivity contribution >= 4 is 27.5 Å². The van der Waals surface area contributed by atoms with Crippen LogP contribution in [0.15, 0.2) is 40.9 Å². The van der Waals surface area contributed by atoms with Gasteiger partial charge in [-0.15, -0.1) is 0 Å². The first-order valence-electron chi connectivity index (χ1n) is 6.56. The summed E-state index contributed by atoms with van der Waals surface area (Å²) in [5, 5.41) is 2.49. The number of amides is 1. The van der Waals surface area contributed by atoms with E-state index in [4.69, 9.17) is 0 Å². The molecule has 2 aromatic carbocycles. The molecule has 0 fully saturated rings. The van der Waals surface area contributed by atoms with Gasteiger partial charge in [0, 0.05) is 10.2 Å². The highest BCUT2D eigenvalue weighted by Gasteiger charge is 2.18. The molecule has 2 aromatic rings. The monoisotopic (exact) mass is 353 g/mol. The van der Waals surface area contributed by atoms with Crippen molar-refractivity contribution in [3.63, 3.8) is 0 Å². The molecule has 110 valence electrons. The van der Waals surface area contributed by atoms with E-state index in [1.54, 1.807) is 12.1 Å². The second-order valence-electron chi connectivity index (χ2n) is 4.65. The van der Waals surface area contributed by atoms with Crippen molar-refractivity contribution in [3.8, 4) is 0 Å². The molecule has 0 unspecified atom stereocenters. The quantitative estimate of drug-likeness (QED) is 0.829. The van der Waals surface area contributed by atoms with Gasteiger partial charge in [0.15, 0.2) is 0 Å². The summed E-state index contributed by atoms with van der Waals surface area (Å²) >= 11 is 2.97. The Kier molecular flexibility index (Phi) is 5.07. The molecule has 0 heterocycles. The van der Waals surface area contributed by atoms with Crippen LogP contribution in [0.4, 0.5) is 14.5 Å². The van der Waals surface area contributed by atoms with E-state index >= 15 is 0 Å². The maximum atomic E-state index is 13.7. The maximum absolute atomic E-state index is 13.7. The van der Waals surface area contributed by atoms with Crippen molar-refractivity contribution in [1.82, 2.24) is 0 Å². The number of carbonyl (C=O) groups is 1. The summed E-state index contributed by atoms with van der Waals surface area (Å²) in [7, 11) is 0. The molecule has 0 saturated carbocycles. The minimum Gasteiger partial charge on any atom is -0.322 e. The van der Waals surface area contributed by atoms with E-state index in [1.807, 2.05) is 12.1 Å². The van der Waals surface area contributed by atoms with Crippen LogP contribution in [0.25, 0.3) is 0 Å². The highest BCUT2D eigenvalue weighted by atomic mass is 79.9. The lowest BCUT2D eigenvalue weighted by molar-refractivity contribution is 0.101. The summed E-state index contributed by atoms with van der Waals surface area (Å²) in [6, 6.07) is 9.32. The molecule has 2 nitrogen and oxygen atoms in total. The second-order valence-corrected chi connectivity index (χ2v) is 5.56. The van der Waals surface area contributed by atoms with Crippen LogP contribution in [0.5, 0.6) is 0 Å². The number of hydrogen-bond donors (Lipinski definition) is 1. The average molecular weight is 354 g/mol. The third-order valence-electron chi connectivity index (χ3n) is 2.98. The highest BCUT2D eigenvalue weighted by Crippen LogP contribution is 2.21. The zero-order valence-electron chi connectivity index (χ0n) is 11.4. The molecule has 5 heteroatoms. The lowest BCUT2D eigenvalue weighted by atomic mass is 10.1. The van der Waals surface area contributed by atoms with Crippen molar-refractivity contribution in [2.75, 3.05) is 5.32 Å². The summed E-state index contributed by atoms with van der Waals surface area (Å²) in [5.74, 6) is -2.61. The molecule has 0 radical (unpaired) electrons. The van der Waals surface area contributed by atoms with Crippen molar-refractivity contribution in [2.24, 2.45) is 0 Å². The molecule has 0 aliphatic heterocycles. The Balaban J connectivity index is 2.18. The fraction of sp³-hybridized carbons (Fsp3) is 0.188. The summed E-state index contributed by atoms with van der Waals surface area (Å²) in [4.78, 5) is 12.0. The second kappa shape index (κ2) is 6.80. The number of rotatable bonds is 4. The van der Waals surface area contributed by atoms with Crippen molar-refractivity contribution in [3.05, 3.63) is 63.6 Å². The molecular formula is C16H14BrF2NO. The van der Waals surface area contributed by atoms with E-state index in [0.29, 0.717) is 5.69 Å². The molecule has 2 rings (SSSR count). The lowest BCUT2D eigenvalue weighted by Crippen LogP contribution is -2.16. The number of benzene rings is 2. The van der Waals surface area contributed by atoms with Gasteiger partial charge in [-0.2, -0.15) is 0 Å². The third-order valence-corrected chi connectivity index (χ3v) is 3.44. The van der Waals surface area contributed by atoms with Gasteiger partial charge in [0.05, 0.1) is 0 Å². The fourth-order valence-electron chi connectivity index (χ4n) is 2.00. The SMILES string of the molecule is CCCc1ccc(NC(=O)c2c(F)cc(Br)cc2F)cc1. The number of hydrogen-bond acceptors (Lipinski definition) is 1. The number of halogens is 3. The van der Waals surface area contributed by atoms with E-state index in [-0.39, 0.29) is 4.47 Å². The van der Waals surface area contributed by atoms with Crippen LogP contribution in [0, 0.1) is 11.6 Å². The molecule has 0 aliphatic rings. The molecule has 21 heavy (non-hydrogen) atoms. The number of carbonyl (C=O) groups excluding carboxylic acids is 1. The van der Waals surface area contributed by atoms with Gasteiger partial charge < -0.3 is 5.32 Å². The standard InChI is InChI=1S/C16H14BrF2NO/c1-2-3-10-4-6-12(7-5-10)20-16(21)15-13(18)8-11(17)9-14(15)19/h4-9H,2-3H2,1H3,(H,20,21). The zero-order chi connectivity index (χ0) is 15.4. The molecule has 0 aliphatic carbocycles. The molecule has 1 N–H and O–H groups in total. The predicted molar refractivity (Wildman–Crippen MR) is 82.4 cm³/mol. The number of aryl methyl sites for hydroxylation is 1. The van der Waals surface area contributed by atoms with E-state index in [2.05, 4.69) is 28.2 Å². The van der Waals surface area contributed by atoms with Crippen LogP contribution in [0.1, 0.15) is 29.3 Å². The minimum atomic E-state index is -0.901. The van der Waals surface area contributed by atoms with Gasteiger partial charge >= 0.3 is 0 Å². The summed E-state index contributed by atoms with van der Waals surface area (Å²) in [5.41, 5.74) is 1.06. The van der Waals surface area contributed by atoms with Gasteiger partial charge in [0.1, 0.15) is 17.2 Å². The predicted octanol–water partition coefficient (Wildman–Crippen LogP) is 4.93. The smallest absolute Gasteiger partial charge is 0.261 e. The Labute approximate surface area is 130 Å². The Morgan fingerprint density at radius 3 is 2.24 bits per heavy atom. The Bertz CT molecular complexity index is 633. The van der Waals surface area contributed by atoms with Gasteiger partial charge in [-0.25, -0.2) is 8.78 Å². The summed E-state index contributed by atoms with van der Waals surface area (Å²) in [6.07, 6.45) is 1.98. The van der Waals surface area contributed by atoms with Crippen molar-refractivity contribution in [1.29, 1.82) is 0 Å². The Hall–Kier alpha value is -1.75. The lowest BCUT2D eigenvalue weighted by Gasteiger charge is -2.08. The van der Waals surface area contributed by atoms with Crippen LogP contribution < -0.4 is 5.32 Å². The third kappa shape index (κ3) is 3.88. The van der Waals surface area contributed by atoms with Crippen LogP contribution in [-0.4, -0.2) is 5.91 Å². The average Bonchev–Trinajstić information content (AvgIpc) is 2.40. The van der Waals surface area contributed by atoms with E-state index < -0.39 is 23.1 Å². The summed E-state index contributed by atoms with van der Waals surface area (Å²) in [6.45, 7) is 2.08. The first kappa shape index (κ1) is 15.6. The fourth-order valence-corrected chi connectivity index (χ4v) is 2.40. The summed E-state index contributed by atoms with van der Waals surface area (Å²) < 4.78 is 27.6. The zero-order valence-corrected chi connectivity index (χ0v) is 13.0. The highest BCUT2D eigenvalue weighted by molar-refractivity contribution is 9.10. The maximum Gasteiger partial charge on any atom is 0.261 e. The largest absolute Gasteiger partial charge is 0.322 e. The normalized spacial score (nSPS) is 10.5. The van der Waals surface area contributed by atoms with Crippen LogP contribution in [-0.2, 0) is 6.42 Å². The molecule has 0 aromatic heterocycles. The van der Waals surface area contributed by atoms with Gasteiger partial charge in [-0.3, -0.25) is 4.79 Å². The first-order valence-corrected chi connectivity index (χ1v) is 7.35. The minimum absolute atomic E-state index is 0.248. The van der Waals surface area contributed by atoms with Crippen LogP contribution in [0.3, 0.4) is 0 Å². The number of nitrogens with one attached hydrogen (secondary N) is 1. The molecule has 0 bridgehead atoms. The molecule has 0 saturated heterocycles. The molecule has 0 spiro atoms. The van der Waals surface area contributed by atoms with Gasteiger partial charge in [-0.05, 0) is 36.2 Å². The van der Waals surface area contributed by atoms with Crippen LogP contribution in [0.2, 0.25) is 0 Å². The van der Waals surface area contributed by atoms with Gasteiger partial charge in [0.25, 0.3) is 5.91 Å². The molecule has 1 amide bonds. The van der Waals surface area contributed by atoms with Gasteiger partial charge in [-0.1, -0.05) is 41.4 Å². The van der Waals surface area contributed by atoms with E-state index in [9.17, 15) is 13.6 Å². The van der Waals surface area contributed by atoms with E-state index in [0.717, 1.165) is 30.5 Å². The van der Waals surface area contributed by atoms with Crippen molar-refractivity contribution in [2.45, 2.75) is 19.8 Å². The Morgan fingerprint density at radius 1 is 1.14 bits per heavy atom. The van der Waals surface area contributed by atoms with Gasteiger partial charge in [0.2, 0.25) is 0 Å². The Morgan fingerprint density at radius 2 is 1.71 bits per heavy atom. The van der Waals surface area contributed by atoms with E-state index in [1.165, 1.54) is 0 Å². The topological polar surface area (TPSA) is 29.1 Å². The van der Waals surface area contributed by atoms with Crippen LogP contribution >= 0.6 is 15.9 Å². The molecular weight excluding hydrogens is 340 g/mol. The van der Waals surface area contributed by atoms with Crippen molar-refractivity contribution < 1.29 is 13.6 Å².